The molecule has 2 N–H and O–H groups in total. The number of hydrogen-bond acceptors (Lipinski definition) is 6. The van der Waals surface area contributed by atoms with E-state index in [0.717, 1.165) is 17.3 Å². The number of hydrogen-bond donors (Lipinski definition) is 2. The number of amides is 2. The summed E-state index contributed by atoms with van der Waals surface area (Å²) in [6, 6.07) is 13.4. The van der Waals surface area contributed by atoms with E-state index in [1.807, 2.05) is 6.92 Å². The number of ether oxygens (including phenoxy) is 1. The summed E-state index contributed by atoms with van der Waals surface area (Å²) >= 11 is 24.4. The van der Waals surface area contributed by atoms with E-state index in [0.29, 0.717) is 26.1 Å². The molecular formula is C23H19Cl3N2O5S2. The summed E-state index contributed by atoms with van der Waals surface area (Å²) in [7, 11) is 0. The van der Waals surface area contributed by atoms with Gasteiger partial charge < -0.3 is 15.2 Å². The Morgan fingerprint density at radius 3 is 2.37 bits per heavy atom. The molecule has 0 bridgehead atoms. The monoisotopic (exact) mass is 572 g/mol. The van der Waals surface area contributed by atoms with Gasteiger partial charge in [-0.05, 0) is 42.8 Å². The number of carboxylic acid groups (broad SMARTS) is 1. The fourth-order valence-corrected chi connectivity index (χ4v) is 4.52. The molecule has 7 nitrogen and oxygen atoms in total. The van der Waals surface area contributed by atoms with Gasteiger partial charge in [-0.15, -0.1) is 0 Å². The van der Waals surface area contributed by atoms with Crippen molar-refractivity contribution in [3.8, 4) is 5.75 Å². The predicted molar refractivity (Wildman–Crippen MR) is 142 cm³/mol. The average molecular weight is 574 g/mol. The van der Waals surface area contributed by atoms with Gasteiger partial charge >= 0.3 is 5.97 Å². The van der Waals surface area contributed by atoms with Crippen molar-refractivity contribution < 1.29 is 24.2 Å². The Morgan fingerprint density at radius 2 is 1.80 bits per heavy atom. The zero-order chi connectivity index (χ0) is 25.8. The molecule has 0 aromatic heterocycles. The Morgan fingerprint density at radius 1 is 1.17 bits per heavy atom. The summed E-state index contributed by atoms with van der Waals surface area (Å²) in [4.78, 5) is 37.5. The summed E-state index contributed by atoms with van der Waals surface area (Å²) in [5.41, 5.74) is 2.05. The Labute approximate surface area is 226 Å². The van der Waals surface area contributed by atoms with E-state index in [1.165, 1.54) is 4.90 Å². The summed E-state index contributed by atoms with van der Waals surface area (Å²) < 4.78 is 4.07. The first-order chi connectivity index (χ1) is 16.4. The van der Waals surface area contributed by atoms with Gasteiger partial charge in [0.1, 0.15) is 10.1 Å². The summed E-state index contributed by atoms with van der Waals surface area (Å²) in [5.74, 6) is -1.52. The minimum atomic E-state index is -1.96. The highest BCUT2D eigenvalue weighted by Gasteiger charge is 2.36. The van der Waals surface area contributed by atoms with Crippen LogP contribution in [0, 0.1) is 6.92 Å². The van der Waals surface area contributed by atoms with Crippen LogP contribution >= 0.6 is 58.8 Å². The van der Waals surface area contributed by atoms with Crippen LogP contribution in [0.15, 0.2) is 53.4 Å². The minimum absolute atomic E-state index is 0.0108. The van der Waals surface area contributed by atoms with Gasteiger partial charge in [0.2, 0.25) is 10.0 Å². The maximum absolute atomic E-state index is 12.6. The number of alkyl halides is 3. The Kier molecular flexibility index (Phi) is 9.06. The van der Waals surface area contributed by atoms with Crippen LogP contribution in [0.4, 0.5) is 0 Å². The van der Waals surface area contributed by atoms with Gasteiger partial charge in [-0.25, -0.2) is 0 Å². The number of halogens is 3. The highest BCUT2D eigenvalue weighted by molar-refractivity contribution is 8.26. The minimum Gasteiger partial charge on any atom is -0.481 e. The standard InChI is InChI=1S/C23H19Cl3N2O5S2/c1-13-2-6-15(7-3-13)19(31)27-21(23(24,25)26)33-16-8-4-14(5-9-16)12-17-20(32)28(22(34)35-17)11-10-18(29)30/h2-9,12,21H,10-11H2,1H3,(H,27,31)(H,29,30). The topological polar surface area (TPSA) is 95.9 Å². The van der Waals surface area contributed by atoms with Crippen molar-refractivity contribution in [2.45, 2.75) is 23.4 Å². The van der Waals surface area contributed by atoms with Crippen molar-refractivity contribution >= 4 is 87.0 Å². The number of benzene rings is 2. The van der Waals surface area contributed by atoms with Crippen LogP contribution in [-0.2, 0) is 9.59 Å². The average Bonchev–Trinajstić information content (AvgIpc) is 3.05. The number of aryl methyl sites for hydroxylation is 1. The number of carbonyl (C=O) groups excluding carboxylic acids is 2. The second-order valence-corrected chi connectivity index (χ2v) is 11.5. The zero-order valence-electron chi connectivity index (χ0n) is 18.2. The lowest BCUT2D eigenvalue weighted by Gasteiger charge is -2.26. The highest BCUT2D eigenvalue weighted by atomic mass is 35.6. The molecule has 1 saturated heterocycles. The number of thiocarbonyl (C=S) groups is 1. The lowest BCUT2D eigenvalue weighted by atomic mass is 10.1. The van der Waals surface area contributed by atoms with Crippen LogP contribution in [0.1, 0.15) is 27.9 Å². The largest absolute Gasteiger partial charge is 0.481 e. The third kappa shape index (κ3) is 7.59. The van der Waals surface area contributed by atoms with Crippen molar-refractivity contribution in [1.29, 1.82) is 0 Å². The molecule has 1 aliphatic rings. The van der Waals surface area contributed by atoms with Crippen molar-refractivity contribution in [3.05, 3.63) is 70.1 Å². The third-order valence-electron chi connectivity index (χ3n) is 4.73. The quantitative estimate of drug-likeness (QED) is 0.195. The molecule has 1 unspecified atom stereocenters. The molecule has 184 valence electrons. The number of aliphatic carboxylic acids is 1. The van der Waals surface area contributed by atoms with Crippen LogP contribution in [0.3, 0.4) is 0 Å². The molecule has 0 saturated carbocycles. The number of rotatable bonds is 8. The Hall–Kier alpha value is -2.30. The molecule has 1 fully saturated rings. The molecule has 2 aromatic rings. The van der Waals surface area contributed by atoms with E-state index >= 15 is 0 Å². The summed E-state index contributed by atoms with van der Waals surface area (Å²) in [6.45, 7) is 1.91. The van der Waals surface area contributed by atoms with E-state index in [2.05, 4.69) is 5.32 Å². The van der Waals surface area contributed by atoms with Gasteiger partial charge in [-0.1, -0.05) is 88.6 Å². The molecule has 1 atom stereocenters. The van der Waals surface area contributed by atoms with Crippen LogP contribution in [0.25, 0.3) is 6.08 Å². The molecule has 3 rings (SSSR count). The van der Waals surface area contributed by atoms with Crippen molar-refractivity contribution in [3.63, 3.8) is 0 Å². The normalized spacial score (nSPS) is 15.9. The number of thioether (sulfide) groups is 1. The second-order valence-electron chi connectivity index (χ2n) is 7.43. The molecule has 12 heteroatoms. The van der Waals surface area contributed by atoms with Crippen molar-refractivity contribution in [1.82, 2.24) is 10.2 Å². The maximum Gasteiger partial charge on any atom is 0.305 e. The summed E-state index contributed by atoms with van der Waals surface area (Å²) in [5, 5.41) is 11.4. The molecule has 2 aromatic carbocycles. The van der Waals surface area contributed by atoms with Crippen LogP contribution in [0.2, 0.25) is 0 Å². The third-order valence-corrected chi connectivity index (χ3v) is 6.70. The predicted octanol–water partition coefficient (Wildman–Crippen LogP) is 5.18. The molecule has 0 radical (unpaired) electrons. The number of carboxylic acids is 1. The number of nitrogens with zero attached hydrogens (tertiary/aromatic N) is 1. The lowest BCUT2D eigenvalue weighted by molar-refractivity contribution is -0.137. The number of carbonyl (C=O) groups is 3. The maximum atomic E-state index is 12.6. The molecule has 0 spiro atoms. The first kappa shape index (κ1) is 27.3. The SMILES string of the molecule is Cc1ccc(C(=O)NC(Oc2ccc(C=C3SC(=S)N(CCC(=O)O)C3=O)cc2)C(Cl)(Cl)Cl)cc1. The van der Waals surface area contributed by atoms with Crippen LogP contribution in [0.5, 0.6) is 5.75 Å². The fourth-order valence-electron chi connectivity index (χ4n) is 2.92. The molecule has 2 amide bonds. The number of nitrogens with one attached hydrogen (secondary N) is 1. The van der Waals surface area contributed by atoms with E-state index in [-0.39, 0.29) is 18.9 Å². The summed E-state index contributed by atoms with van der Waals surface area (Å²) in [6.07, 6.45) is 0.157. The lowest BCUT2D eigenvalue weighted by Crippen LogP contribution is -2.47. The Bertz CT molecular complexity index is 1170. The van der Waals surface area contributed by atoms with Crippen LogP contribution in [-0.4, -0.2) is 48.7 Å². The van der Waals surface area contributed by atoms with Gasteiger partial charge in [-0.2, -0.15) is 0 Å². The van der Waals surface area contributed by atoms with Crippen LogP contribution < -0.4 is 10.1 Å². The highest BCUT2D eigenvalue weighted by Crippen LogP contribution is 2.34. The van der Waals surface area contributed by atoms with Gasteiger partial charge in [0, 0.05) is 12.1 Å². The second kappa shape index (κ2) is 11.6. The molecular weight excluding hydrogens is 555 g/mol. The van der Waals surface area contributed by atoms with Crippen molar-refractivity contribution in [2.75, 3.05) is 6.54 Å². The smallest absolute Gasteiger partial charge is 0.305 e. The molecule has 1 aliphatic heterocycles. The van der Waals surface area contributed by atoms with E-state index in [9.17, 15) is 14.4 Å². The van der Waals surface area contributed by atoms with Crippen molar-refractivity contribution in [2.24, 2.45) is 0 Å². The van der Waals surface area contributed by atoms with Gasteiger partial charge in [-0.3, -0.25) is 19.3 Å². The van der Waals surface area contributed by atoms with Gasteiger partial charge in [0.25, 0.3) is 11.8 Å². The zero-order valence-corrected chi connectivity index (χ0v) is 22.1. The molecule has 1 heterocycles. The first-order valence-corrected chi connectivity index (χ1v) is 12.5. The Balaban J connectivity index is 1.69. The van der Waals surface area contributed by atoms with E-state index in [1.54, 1.807) is 54.6 Å². The van der Waals surface area contributed by atoms with E-state index < -0.39 is 21.9 Å². The molecule has 35 heavy (non-hydrogen) atoms. The molecule has 0 aliphatic carbocycles. The van der Waals surface area contributed by atoms with E-state index in [4.69, 9.17) is 56.9 Å². The fraction of sp³-hybridized carbons (Fsp3) is 0.217. The van der Waals surface area contributed by atoms with Gasteiger partial charge in [0.15, 0.2) is 0 Å². The first-order valence-electron chi connectivity index (χ1n) is 10.1. The van der Waals surface area contributed by atoms with Gasteiger partial charge in [0.05, 0.1) is 11.3 Å².